The molecule has 0 saturated heterocycles. The molecular weight excluding hydrogens is 228 g/mol. The van der Waals surface area contributed by atoms with Crippen molar-refractivity contribution in [3.05, 3.63) is 34.4 Å². The fourth-order valence-electron chi connectivity index (χ4n) is 0.743. The predicted octanol–water partition coefficient (Wildman–Crippen LogP) is 4.09. The second-order valence-electron chi connectivity index (χ2n) is 2.06. The molecule has 1 aromatic carbocycles. The molecule has 0 aromatic heterocycles. The van der Waals surface area contributed by atoms with E-state index in [0.717, 1.165) is 12.1 Å². The number of rotatable bonds is 1. The molecule has 1 rings (SSSR count). The van der Waals surface area contributed by atoms with Crippen LogP contribution in [-0.4, -0.2) is 0 Å². The predicted molar refractivity (Wildman–Crippen MR) is 45.8 cm³/mol. The van der Waals surface area contributed by atoms with Crippen LogP contribution in [0.5, 0.6) is 0 Å². The first kappa shape index (κ1) is 10.0. The lowest BCUT2D eigenvalue weighted by atomic mass is 10.2. The van der Waals surface area contributed by atoms with E-state index >= 15 is 0 Å². The van der Waals surface area contributed by atoms with Gasteiger partial charge in [-0.2, -0.15) is 0 Å². The topological polar surface area (TPSA) is 0 Å². The summed E-state index contributed by atoms with van der Waals surface area (Å²) in [6.07, 6.45) is 0. The molecule has 0 saturated carbocycles. The number of halogens is 5. The highest BCUT2D eigenvalue weighted by atomic mass is 35.5. The van der Waals surface area contributed by atoms with Crippen LogP contribution in [0.25, 0.3) is 0 Å². The van der Waals surface area contributed by atoms with Crippen molar-refractivity contribution in [2.45, 2.75) is 4.84 Å². The Morgan fingerprint density at radius 1 is 1.17 bits per heavy atom. The normalized spacial score (nSPS) is 10.8. The molecule has 0 N–H and O–H groups in total. The average molecular weight is 231 g/mol. The van der Waals surface area contributed by atoms with E-state index in [-0.39, 0.29) is 5.02 Å². The number of hydrogen-bond acceptors (Lipinski definition) is 0. The van der Waals surface area contributed by atoms with Gasteiger partial charge in [-0.25, -0.2) is 8.78 Å². The second kappa shape index (κ2) is 3.77. The molecule has 0 aliphatic carbocycles. The summed E-state index contributed by atoms with van der Waals surface area (Å²) < 4.78 is 25.8. The summed E-state index contributed by atoms with van der Waals surface area (Å²) >= 11 is 16.0. The van der Waals surface area contributed by atoms with Crippen LogP contribution in [-0.2, 0) is 0 Å². The number of benzene rings is 1. The van der Waals surface area contributed by atoms with Crippen molar-refractivity contribution in [1.82, 2.24) is 0 Å². The molecule has 0 atom stereocenters. The van der Waals surface area contributed by atoms with Crippen molar-refractivity contribution in [2.75, 3.05) is 0 Å². The summed E-state index contributed by atoms with van der Waals surface area (Å²) in [7, 11) is 0. The Hall–Kier alpha value is -0.0500. The standard InChI is InChI=1S/C7H3Cl3F2/c8-3-1-2-4(11)5(6(3)12)7(9)10/h1-2,7H. The van der Waals surface area contributed by atoms with Gasteiger partial charge in [0.05, 0.1) is 10.6 Å². The van der Waals surface area contributed by atoms with Crippen molar-refractivity contribution in [3.63, 3.8) is 0 Å². The molecule has 12 heavy (non-hydrogen) atoms. The van der Waals surface area contributed by atoms with E-state index in [2.05, 4.69) is 0 Å². The average Bonchev–Trinajstić information content (AvgIpc) is 1.97. The maximum Gasteiger partial charge on any atom is 0.150 e. The lowest BCUT2D eigenvalue weighted by molar-refractivity contribution is 0.564. The highest BCUT2D eigenvalue weighted by molar-refractivity contribution is 6.44. The van der Waals surface area contributed by atoms with E-state index < -0.39 is 22.0 Å². The molecule has 5 heteroatoms. The van der Waals surface area contributed by atoms with E-state index in [4.69, 9.17) is 34.8 Å². The summed E-state index contributed by atoms with van der Waals surface area (Å²) in [5.74, 6) is -1.71. The molecule has 0 aliphatic heterocycles. The van der Waals surface area contributed by atoms with Crippen LogP contribution in [0.1, 0.15) is 10.4 Å². The van der Waals surface area contributed by atoms with Gasteiger partial charge in [0.25, 0.3) is 0 Å². The quantitative estimate of drug-likeness (QED) is 0.504. The molecule has 0 radical (unpaired) electrons. The van der Waals surface area contributed by atoms with Crippen molar-refractivity contribution in [2.24, 2.45) is 0 Å². The van der Waals surface area contributed by atoms with Gasteiger partial charge in [-0.3, -0.25) is 0 Å². The van der Waals surface area contributed by atoms with Crippen LogP contribution >= 0.6 is 34.8 Å². The maximum atomic E-state index is 13.0. The first-order valence-electron chi connectivity index (χ1n) is 2.95. The minimum absolute atomic E-state index is 0.197. The van der Waals surface area contributed by atoms with Gasteiger partial charge in [0.15, 0.2) is 5.82 Å². The van der Waals surface area contributed by atoms with Crippen LogP contribution in [0, 0.1) is 11.6 Å². The fraction of sp³-hybridized carbons (Fsp3) is 0.143. The molecule has 1 aromatic rings. The summed E-state index contributed by atoms with van der Waals surface area (Å²) in [5.41, 5.74) is -0.411. The molecule has 0 amide bonds. The molecule has 66 valence electrons. The van der Waals surface area contributed by atoms with E-state index in [1.165, 1.54) is 0 Å². The molecule has 0 spiro atoms. The Labute approximate surface area is 83.0 Å². The van der Waals surface area contributed by atoms with Gasteiger partial charge < -0.3 is 0 Å². The van der Waals surface area contributed by atoms with Gasteiger partial charge in [-0.05, 0) is 12.1 Å². The number of alkyl halides is 2. The van der Waals surface area contributed by atoms with Crippen LogP contribution in [0.15, 0.2) is 12.1 Å². The van der Waals surface area contributed by atoms with Crippen molar-refractivity contribution >= 4 is 34.8 Å². The molecular formula is C7H3Cl3F2. The first-order valence-corrected chi connectivity index (χ1v) is 4.20. The van der Waals surface area contributed by atoms with Gasteiger partial charge in [0.2, 0.25) is 0 Å². The Morgan fingerprint density at radius 2 is 1.75 bits per heavy atom. The lowest BCUT2D eigenvalue weighted by Gasteiger charge is -2.05. The largest absolute Gasteiger partial charge is 0.206 e. The third-order valence-corrected chi connectivity index (χ3v) is 2.03. The fourth-order valence-corrected chi connectivity index (χ4v) is 1.31. The van der Waals surface area contributed by atoms with Gasteiger partial charge in [-0.15, -0.1) is 0 Å². The van der Waals surface area contributed by atoms with Gasteiger partial charge in [0.1, 0.15) is 10.7 Å². The Balaban J connectivity index is 3.33. The zero-order valence-corrected chi connectivity index (χ0v) is 7.89. The summed E-state index contributed by atoms with van der Waals surface area (Å²) in [5, 5.41) is -0.197. The minimum atomic E-state index is -1.25. The van der Waals surface area contributed by atoms with Crippen LogP contribution in [0.3, 0.4) is 0 Å². The zero-order chi connectivity index (χ0) is 9.30. The summed E-state index contributed by atoms with van der Waals surface area (Å²) in [6.45, 7) is 0. The molecule has 0 bridgehead atoms. The lowest BCUT2D eigenvalue weighted by Crippen LogP contribution is -1.94. The van der Waals surface area contributed by atoms with Crippen LogP contribution < -0.4 is 0 Å². The third kappa shape index (κ3) is 1.82. The zero-order valence-electron chi connectivity index (χ0n) is 5.62. The van der Waals surface area contributed by atoms with Crippen molar-refractivity contribution in [1.29, 1.82) is 0 Å². The van der Waals surface area contributed by atoms with Gasteiger partial charge >= 0.3 is 0 Å². The Morgan fingerprint density at radius 3 is 2.17 bits per heavy atom. The Bertz CT molecular complexity index is 299. The van der Waals surface area contributed by atoms with E-state index in [1.54, 1.807) is 0 Å². The summed E-state index contributed by atoms with van der Waals surface area (Å²) in [4.78, 5) is -1.25. The first-order chi connectivity index (χ1) is 5.54. The molecule has 0 heterocycles. The van der Waals surface area contributed by atoms with E-state index in [9.17, 15) is 8.78 Å². The second-order valence-corrected chi connectivity index (χ2v) is 3.56. The van der Waals surface area contributed by atoms with Gasteiger partial charge in [-0.1, -0.05) is 34.8 Å². The van der Waals surface area contributed by atoms with E-state index in [1.807, 2.05) is 0 Å². The smallest absolute Gasteiger partial charge is 0.150 e. The summed E-state index contributed by atoms with van der Waals surface area (Å²) in [6, 6.07) is 2.12. The van der Waals surface area contributed by atoms with Gasteiger partial charge in [0, 0.05) is 0 Å². The SMILES string of the molecule is Fc1ccc(Cl)c(F)c1C(Cl)Cl. The molecule has 0 unspecified atom stereocenters. The minimum Gasteiger partial charge on any atom is -0.206 e. The highest BCUT2D eigenvalue weighted by Gasteiger charge is 2.17. The maximum absolute atomic E-state index is 13.0. The molecule has 0 aliphatic rings. The highest BCUT2D eigenvalue weighted by Crippen LogP contribution is 2.32. The van der Waals surface area contributed by atoms with Crippen molar-refractivity contribution < 1.29 is 8.78 Å². The molecule has 0 nitrogen and oxygen atoms in total. The molecule has 0 fully saturated rings. The third-order valence-electron chi connectivity index (χ3n) is 1.30. The van der Waals surface area contributed by atoms with E-state index in [0.29, 0.717) is 0 Å². The monoisotopic (exact) mass is 230 g/mol. The Kier molecular flexibility index (Phi) is 3.16. The van der Waals surface area contributed by atoms with Crippen molar-refractivity contribution in [3.8, 4) is 0 Å². The van der Waals surface area contributed by atoms with Crippen LogP contribution in [0.2, 0.25) is 5.02 Å². The van der Waals surface area contributed by atoms with Crippen LogP contribution in [0.4, 0.5) is 8.78 Å². The number of hydrogen-bond donors (Lipinski definition) is 0.